The number of hydrogen-bond acceptors (Lipinski definition) is 6. The summed E-state index contributed by atoms with van der Waals surface area (Å²) in [6, 6.07) is 4.50. The molecule has 144 valence electrons. The lowest BCUT2D eigenvalue weighted by Crippen LogP contribution is -2.45. The van der Waals surface area contributed by atoms with Gasteiger partial charge < -0.3 is 9.84 Å². The molecule has 0 heterocycles. The third-order valence-corrected chi connectivity index (χ3v) is 5.59. The standard InChI is InChI=1S/C17H25N3O5S/c1-25-16-10-13(8-9-15(16)21)11-18-19-17(22)12-20(26(2,23)24)14-6-4-3-5-7-14/h8-11,14,21H,3-7,12H2,1-2H3,(H,19,22). The molecule has 2 rings (SSSR count). The third kappa shape index (κ3) is 5.70. The molecule has 0 saturated heterocycles. The number of hydrogen-bond donors (Lipinski definition) is 2. The van der Waals surface area contributed by atoms with Crippen molar-refractivity contribution < 1.29 is 23.1 Å². The largest absolute Gasteiger partial charge is 0.504 e. The number of nitrogens with zero attached hydrogens (tertiary/aromatic N) is 2. The van der Waals surface area contributed by atoms with Gasteiger partial charge in [-0.2, -0.15) is 9.41 Å². The predicted octanol–water partition coefficient (Wildman–Crippen LogP) is 1.45. The van der Waals surface area contributed by atoms with Crippen LogP contribution >= 0.6 is 0 Å². The maximum absolute atomic E-state index is 12.1. The van der Waals surface area contributed by atoms with E-state index < -0.39 is 15.9 Å². The normalized spacial score (nSPS) is 16.1. The minimum atomic E-state index is -3.47. The fourth-order valence-electron chi connectivity index (χ4n) is 3.02. The topological polar surface area (TPSA) is 108 Å². The van der Waals surface area contributed by atoms with Crippen LogP contribution in [0.25, 0.3) is 0 Å². The van der Waals surface area contributed by atoms with Gasteiger partial charge in [0, 0.05) is 6.04 Å². The van der Waals surface area contributed by atoms with Gasteiger partial charge in [0.05, 0.1) is 26.1 Å². The highest BCUT2D eigenvalue weighted by atomic mass is 32.2. The highest BCUT2D eigenvalue weighted by Crippen LogP contribution is 2.25. The summed E-state index contributed by atoms with van der Waals surface area (Å²) in [5.41, 5.74) is 2.96. The molecule has 0 spiro atoms. The van der Waals surface area contributed by atoms with Crippen LogP contribution in [-0.2, 0) is 14.8 Å². The summed E-state index contributed by atoms with van der Waals surface area (Å²) in [7, 11) is -2.04. The number of methoxy groups -OCH3 is 1. The second-order valence-electron chi connectivity index (χ2n) is 6.32. The average Bonchev–Trinajstić information content (AvgIpc) is 2.61. The molecule has 1 aliphatic rings. The van der Waals surface area contributed by atoms with Crippen molar-refractivity contribution in [2.75, 3.05) is 19.9 Å². The SMILES string of the molecule is COc1cc(C=NNC(=O)CN(C2CCCCC2)S(C)(=O)=O)ccc1O. The first-order chi connectivity index (χ1) is 12.3. The highest BCUT2D eigenvalue weighted by molar-refractivity contribution is 7.88. The molecule has 1 aromatic rings. The molecule has 1 saturated carbocycles. The summed E-state index contributed by atoms with van der Waals surface area (Å²) in [5, 5.41) is 13.4. The van der Waals surface area contributed by atoms with Gasteiger partial charge in [-0.3, -0.25) is 4.79 Å². The number of benzene rings is 1. The molecule has 9 heteroatoms. The van der Waals surface area contributed by atoms with Crippen molar-refractivity contribution in [1.29, 1.82) is 0 Å². The second kappa shape index (κ2) is 9.00. The van der Waals surface area contributed by atoms with E-state index in [1.807, 2.05) is 0 Å². The monoisotopic (exact) mass is 383 g/mol. The third-order valence-electron chi connectivity index (χ3n) is 4.31. The van der Waals surface area contributed by atoms with Crippen LogP contribution in [0.2, 0.25) is 0 Å². The molecule has 1 aliphatic carbocycles. The number of rotatable bonds is 7. The Kier molecular flexibility index (Phi) is 6.98. The molecule has 0 atom stereocenters. The number of ether oxygens (including phenoxy) is 1. The molecular formula is C17H25N3O5S. The zero-order chi connectivity index (χ0) is 19.2. The number of carbonyl (C=O) groups excluding carboxylic acids is 1. The smallest absolute Gasteiger partial charge is 0.255 e. The summed E-state index contributed by atoms with van der Waals surface area (Å²) < 4.78 is 30.3. The van der Waals surface area contributed by atoms with E-state index in [1.54, 1.807) is 12.1 Å². The molecule has 1 fully saturated rings. The minimum absolute atomic E-state index is 0.00459. The van der Waals surface area contributed by atoms with Crippen LogP contribution in [0.4, 0.5) is 0 Å². The molecular weight excluding hydrogens is 358 g/mol. The van der Waals surface area contributed by atoms with Gasteiger partial charge in [-0.05, 0) is 36.6 Å². The van der Waals surface area contributed by atoms with Crippen LogP contribution in [-0.4, -0.2) is 55.9 Å². The maximum Gasteiger partial charge on any atom is 0.255 e. The van der Waals surface area contributed by atoms with Gasteiger partial charge in [-0.1, -0.05) is 19.3 Å². The lowest BCUT2D eigenvalue weighted by Gasteiger charge is -2.31. The maximum atomic E-state index is 12.1. The molecule has 0 unspecified atom stereocenters. The molecule has 0 aliphatic heterocycles. The zero-order valence-corrected chi connectivity index (χ0v) is 15.8. The first-order valence-electron chi connectivity index (χ1n) is 8.47. The Labute approximate surface area is 153 Å². The van der Waals surface area contributed by atoms with Gasteiger partial charge in [-0.15, -0.1) is 0 Å². The molecule has 26 heavy (non-hydrogen) atoms. The number of phenolic OH excluding ortho intramolecular Hbond substituents is 1. The van der Waals surface area contributed by atoms with E-state index in [-0.39, 0.29) is 18.3 Å². The van der Waals surface area contributed by atoms with E-state index >= 15 is 0 Å². The lowest BCUT2D eigenvalue weighted by molar-refractivity contribution is -0.121. The number of aromatic hydroxyl groups is 1. The first kappa shape index (κ1) is 20.2. The molecule has 8 nitrogen and oxygen atoms in total. The van der Waals surface area contributed by atoms with Crippen molar-refractivity contribution in [3.63, 3.8) is 0 Å². The van der Waals surface area contributed by atoms with E-state index in [0.29, 0.717) is 11.3 Å². The van der Waals surface area contributed by atoms with Gasteiger partial charge in [0.1, 0.15) is 0 Å². The van der Waals surface area contributed by atoms with Crippen LogP contribution in [0, 0.1) is 0 Å². The minimum Gasteiger partial charge on any atom is -0.504 e. The Morgan fingerprint density at radius 1 is 1.38 bits per heavy atom. The Morgan fingerprint density at radius 2 is 2.08 bits per heavy atom. The van der Waals surface area contributed by atoms with Crippen molar-refractivity contribution in [2.45, 2.75) is 38.1 Å². The van der Waals surface area contributed by atoms with Gasteiger partial charge in [0.25, 0.3) is 5.91 Å². The van der Waals surface area contributed by atoms with Crippen LogP contribution in [0.15, 0.2) is 23.3 Å². The van der Waals surface area contributed by atoms with E-state index in [1.165, 1.54) is 23.7 Å². The quantitative estimate of drug-likeness (QED) is 0.547. The predicted molar refractivity (Wildman–Crippen MR) is 98.8 cm³/mol. The second-order valence-corrected chi connectivity index (χ2v) is 8.26. The van der Waals surface area contributed by atoms with Crippen molar-refractivity contribution in [3.8, 4) is 11.5 Å². The number of amides is 1. The fourth-order valence-corrected chi connectivity index (χ4v) is 4.12. The summed E-state index contributed by atoms with van der Waals surface area (Å²) in [5.74, 6) is -0.200. The highest BCUT2D eigenvalue weighted by Gasteiger charge is 2.29. The van der Waals surface area contributed by atoms with Crippen LogP contribution in [0.3, 0.4) is 0 Å². The van der Waals surface area contributed by atoms with Gasteiger partial charge in [-0.25, -0.2) is 13.8 Å². The fraction of sp³-hybridized carbons (Fsp3) is 0.529. The Balaban J connectivity index is 1.97. The number of nitrogens with one attached hydrogen (secondary N) is 1. The summed E-state index contributed by atoms with van der Waals surface area (Å²) >= 11 is 0. The average molecular weight is 383 g/mol. The van der Waals surface area contributed by atoms with Crippen molar-refractivity contribution >= 4 is 22.1 Å². The van der Waals surface area contributed by atoms with Crippen molar-refractivity contribution in [3.05, 3.63) is 23.8 Å². The Morgan fingerprint density at radius 3 is 2.69 bits per heavy atom. The Bertz CT molecular complexity index is 758. The number of carbonyl (C=O) groups is 1. The molecule has 1 amide bonds. The molecule has 0 aromatic heterocycles. The summed E-state index contributed by atoms with van der Waals surface area (Å²) in [6.45, 7) is -0.250. The molecule has 0 bridgehead atoms. The van der Waals surface area contributed by atoms with E-state index in [0.717, 1.165) is 38.4 Å². The van der Waals surface area contributed by atoms with Crippen molar-refractivity contribution in [2.24, 2.45) is 5.10 Å². The summed E-state index contributed by atoms with van der Waals surface area (Å²) in [6.07, 6.45) is 7.11. The molecule has 1 aromatic carbocycles. The van der Waals surface area contributed by atoms with Gasteiger partial charge in [0.15, 0.2) is 11.5 Å². The lowest BCUT2D eigenvalue weighted by atomic mass is 9.95. The number of hydrazone groups is 1. The van der Waals surface area contributed by atoms with Gasteiger partial charge >= 0.3 is 0 Å². The van der Waals surface area contributed by atoms with Crippen LogP contribution in [0.5, 0.6) is 11.5 Å². The van der Waals surface area contributed by atoms with Gasteiger partial charge in [0.2, 0.25) is 10.0 Å². The summed E-state index contributed by atoms with van der Waals surface area (Å²) in [4.78, 5) is 12.1. The molecule has 2 N–H and O–H groups in total. The van der Waals surface area contributed by atoms with Crippen LogP contribution < -0.4 is 10.2 Å². The number of sulfonamides is 1. The van der Waals surface area contributed by atoms with E-state index in [9.17, 15) is 18.3 Å². The zero-order valence-electron chi connectivity index (χ0n) is 15.0. The van der Waals surface area contributed by atoms with Crippen LogP contribution in [0.1, 0.15) is 37.7 Å². The number of phenols is 1. The first-order valence-corrected chi connectivity index (χ1v) is 10.3. The van der Waals surface area contributed by atoms with E-state index in [4.69, 9.17) is 4.74 Å². The van der Waals surface area contributed by atoms with Crippen molar-refractivity contribution in [1.82, 2.24) is 9.73 Å². The van der Waals surface area contributed by atoms with E-state index in [2.05, 4.69) is 10.5 Å². The molecule has 0 radical (unpaired) electrons. The Hall–Kier alpha value is -2.13.